The van der Waals surface area contributed by atoms with Gasteiger partial charge in [0.2, 0.25) is 0 Å². The number of rotatable bonds is 6. The molecule has 1 aliphatic rings. The molecular weight excluding hydrogens is 290 g/mol. The summed E-state index contributed by atoms with van der Waals surface area (Å²) in [6.45, 7) is 3.04. The van der Waals surface area contributed by atoms with E-state index in [1.165, 1.54) is 11.3 Å². The van der Waals surface area contributed by atoms with Gasteiger partial charge in [0.25, 0.3) is 0 Å². The summed E-state index contributed by atoms with van der Waals surface area (Å²) < 4.78 is 10.8. The summed E-state index contributed by atoms with van der Waals surface area (Å²) in [7, 11) is 1.63. The van der Waals surface area contributed by atoms with Crippen molar-refractivity contribution >= 4 is 5.69 Å². The average molecular weight is 313 g/mol. The first kappa shape index (κ1) is 15.7. The fourth-order valence-electron chi connectivity index (χ4n) is 3.05. The van der Waals surface area contributed by atoms with Gasteiger partial charge in [-0.2, -0.15) is 0 Å². The summed E-state index contributed by atoms with van der Waals surface area (Å²) in [6, 6.07) is 16.2. The van der Waals surface area contributed by atoms with E-state index in [0.717, 1.165) is 17.9 Å². The molecule has 0 saturated carbocycles. The Morgan fingerprint density at radius 2 is 1.83 bits per heavy atom. The maximum absolute atomic E-state index is 10.3. The molecule has 2 atom stereocenters. The quantitative estimate of drug-likeness (QED) is 0.890. The van der Waals surface area contributed by atoms with Gasteiger partial charge in [-0.05, 0) is 49.2 Å². The molecule has 4 heteroatoms. The van der Waals surface area contributed by atoms with Gasteiger partial charge in [0.1, 0.15) is 24.2 Å². The Morgan fingerprint density at radius 3 is 2.57 bits per heavy atom. The second-order valence-electron chi connectivity index (χ2n) is 5.97. The maximum Gasteiger partial charge on any atom is 0.119 e. The van der Waals surface area contributed by atoms with Gasteiger partial charge in [0.05, 0.1) is 7.11 Å². The third-order valence-electron chi connectivity index (χ3n) is 4.26. The monoisotopic (exact) mass is 313 g/mol. The number of ether oxygens (including phenoxy) is 2. The smallest absolute Gasteiger partial charge is 0.119 e. The zero-order valence-corrected chi connectivity index (χ0v) is 13.6. The van der Waals surface area contributed by atoms with Gasteiger partial charge < -0.3 is 19.5 Å². The van der Waals surface area contributed by atoms with Crippen LogP contribution >= 0.6 is 0 Å². The van der Waals surface area contributed by atoms with Crippen molar-refractivity contribution in [2.75, 3.05) is 25.2 Å². The van der Waals surface area contributed by atoms with E-state index in [-0.39, 0.29) is 6.61 Å². The SMILES string of the molecule is COc1ccc(OC[C@@H](O)CN2c3ccccc3C[C@H]2C)cc1. The highest BCUT2D eigenvalue weighted by Gasteiger charge is 2.27. The van der Waals surface area contributed by atoms with Gasteiger partial charge in [-0.15, -0.1) is 0 Å². The van der Waals surface area contributed by atoms with E-state index in [2.05, 4.69) is 30.0 Å². The van der Waals surface area contributed by atoms with Crippen LogP contribution in [0.15, 0.2) is 48.5 Å². The molecule has 23 heavy (non-hydrogen) atoms. The standard InChI is InChI=1S/C19H23NO3/c1-14-11-15-5-3-4-6-19(15)20(14)12-16(21)13-23-18-9-7-17(22-2)8-10-18/h3-10,14,16,21H,11-13H2,1-2H3/t14-,16+/m1/s1. The number of anilines is 1. The van der Waals surface area contributed by atoms with Crippen molar-refractivity contribution in [1.29, 1.82) is 0 Å². The van der Waals surface area contributed by atoms with E-state index >= 15 is 0 Å². The summed E-state index contributed by atoms with van der Waals surface area (Å²) in [5.41, 5.74) is 2.58. The molecule has 1 aliphatic heterocycles. The minimum atomic E-state index is -0.536. The highest BCUT2D eigenvalue weighted by atomic mass is 16.5. The molecule has 0 aromatic heterocycles. The van der Waals surface area contributed by atoms with E-state index < -0.39 is 6.10 Å². The Labute approximate surface area is 137 Å². The van der Waals surface area contributed by atoms with Gasteiger partial charge in [-0.3, -0.25) is 0 Å². The van der Waals surface area contributed by atoms with Crippen LogP contribution in [0.4, 0.5) is 5.69 Å². The van der Waals surface area contributed by atoms with Crippen molar-refractivity contribution in [3.05, 3.63) is 54.1 Å². The van der Waals surface area contributed by atoms with Crippen LogP contribution < -0.4 is 14.4 Å². The zero-order chi connectivity index (χ0) is 16.2. The number of fused-ring (bicyclic) bond motifs is 1. The van der Waals surface area contributed by atoms with Gasteiger partial charge in [-0.25, -0.2) is 0 Å². The molecule has 0 unspecified atom stereocenters. The van der Waals surface area contributed by atoms with Crippen LogP contribution in [0.1, 0.15) is 12.5 Å². The first-order chi connectivity index (χ1) is 11.2. The Balaban J connectivity index is 1.56. The molecule has 0 aliphatic carbocycles. The van der Waals surface area contributed by atoms with E-state index in [4.69, 9.17) is 9.47 Å². The first-order valence-corrected chi connectivity index (χ1v) is 7.97. The molecule has 122 valence electrons. The highest BCUT2D eigenvalue weighted by molar-refractivity contribution is 5.59. The lowest BCUT2D eigenvalue weighted by Gasteiger charge is -2.27. The number of methoxy groups -OCH3 is 1. The number of aliphatic hydroxyl groups excluding tert-OH is 1. The molecular formula is C19H23NO3. The summed E-state index contributed by atoms with van der Waals surface area (Å²) >= 11 is 0. The second-order valence-corrected chi connectivity index (χ2v) is 5.97. The lowest BCUT2D eigenvalue weighted by molar-refractivity contribution is 0.111. The number of para-hydroxylation sites is 1. The number of benzene rings is 2. The van der Waals surface area contributed by atoms with Crippen molar-refractivity contribution < 1.29 is 14.6 Å². The topological polar surface area (TPSA) is 41.9 Å². The third-order valence-corrected chi connectivity index (χ3v) is 4.26. The van der Waals surface area contributed by atoms with Crippen LogP contribution in [0.2, 0.25) is 0 Å². The summed E-state index contributed by atoms with van der Waals surface area (Å²) in [6.07, 6.45) is 0.494. The molecule has 2 aromatic carbocycles. The zero-order valence-electron chi connectivity index (χ0n) is 13.6. The molecule has 1 N–H and O–H groups in total. The lowest BCUT2D eigenvalue weighted by Crippen LogP contribution is -2.39. The molecule has 0 spiro atoms. The minimum Gasteiger partial charge on any atom is -0.497 e. The van der Waals surface area contributed by atoms with Crippen LogP contribution in [0.3, 0.4) is 0 Å². The Hall–Kier alpha value is -2.20. The number of hydrogen-bond acceptors (Lipinski definition) is 4. The largest absolute Gasteiger partial charge is 0.497 e. The first-order valence-electron chi connectivity index (χ1n) is 7.97. The van der Waals surface area contributed by atoms with Gasteiger partial charge in [0.15, 0.2) is 0 Å². The number of β-amino-alcohol motifs (C(OH)–C–C–N with tert-alkyl or cyclic N) is 1. The highest BCUT2D eigenvalue weighted by Crippen LogP contribution is 2.31. The second kappa shape index (κ2) is 6.92. The van der Waals surface area contributed by atoms with Crippen molar-refractivity contribution in [2.24, 2.45) is 0 Å². The normalized spacial score (nSPS) is 17.7. The van der Waals surface area contributed by atoms with Crippen LogP contribution in [-0.4, -0.2) is 37.5 Å². The fraction of sp³-hybridized carbons (Fsp3) is 0.368. The lowest BCUT2D eigenvalue weighted by atomic mass is 10.1. The van der Waals surface area contributed by atoms with Gasteiger partial charge >= 0.3 is 0 Å². The van der Waals surface area contributed by atoms with Crippen LogP contribution in [0, 0.1) is 0 Å². The van der Waals surface area contributed by atoms with E-state index in [1.54, 1.807) is 7.11 Å². The Kier molecular flexibility index (Phi) is 4.72. The van der Waals surface area contributed by atoms with Crippen molar-refractivity contribution in [2.45, 2.75) is 25.5 Å². The Morgan fingerprint density at radius 1 is 1.13 bits per heavy atom. The number of aliphatic hydroxyl groups is 1. The molecule has 2 aromatic rings. The Bertz CT molecular complexity index is 641. The number of hydrogen-bond donors (Lipinski definition) is 1. The van der Waals surface area contributed by atoms with Crippen LogP contribution in [0.25, 0.3) is 0 Å². The molecule has 3 rings (SSSR count). The molecule has 0 amide bonds. The number of nitrogens with zero attached hydrogens (tertiary/aromatic N) is 1. The molecule has 0 bridgehead atoms. The van der Waals surface area contributed by atoms with Crippen molar-refractivity contribution in [3.63, 3.8) is 0 Å². The van der Waals surface area contributed by atoms with Gasteiger partial charge in [-0.1, -0.05) is 18.2 Å². The summed E-state index contributed by atoms with van der Waals surface area (Å²) in [5.74, 6) is 1.53. The maximum atomic E-state index is 10.3. The molecule has 0 saturated heterocycles. The molecule has 1 heterocycles. The van der Waals surface area contributed by atoms with E-state index in [1.807, 2.05) is 30.3 Å². The average Bonchev–Trinajstić information content (AvgIpc) is 2.89. The summed E-state index contributed by atoms with van der Waals surface area (Å²) in [4.78, 5) is 2.26. The molecule has 0 fully saturated rings. The van der Waals surface area contributed by atoms with Crippen LogP contribution in [0.5, 0.6) is 11.5 Å². The minimum absolute atomic E-state index is 0.276. The summed E-state index contributed by atoms with van der Waals surface area (Å²) in [5, 5.41) is 10.3. The predicted molar refractivity (Wildman–Crippen MR) is 91.4 cm³/mol. The molecule has 4 nitrogen and oxygen atoms in total. The molecule has 0 radical (unpaired) electrons. The van der Waals surface area contributed by atoms with Crippen molar-refractivity contribution in [3.8, 4) is 11.5 Å². The fourth-order valence-corrected chi connectivity index (χ4v) is 3.05. The van der Waals surface area contributed by atoms with E-state index in [0.29, 0.717) is 12.6 Å². The van der Waals surface area contributed by atoms with Gasteiger partial charge in [0, 0.05) is 18.3 Å². The van der Waals surface area contributed by atoms with Crippen molar-refractivity contribution in [1.82, 2.24) is 0 Å². The van der Waals surface area contributed by atoms with Crippen LogP contribution in [-0.2, 0) is 6.42 Å². The third kappa shape index (κ3) is 3.59. The predicted octanol–water partition coefficient (Wildman–Crippen LogP) is 2.89. The van der Waals surface area contributed by atoms with E-state index in [9.17, 15) is 5.11 Å².